The average molecular weight is 993 g/mol. The predicted molar refractivity (Wildman–Crippen MR) is 263 cm³/mol. The summed E-state index contributed by atoms with van der Waals surface area (Å²) in [6.07, 6.45) is 9.39. The van der Waals surface area contributed by atoms with Crippen LogP contribution in [-0.2, 0) is 57.8 Å². The third-order valence-electron chi connectivity index (χ3n) is 13.2. The lowest BCUT2D eigenvalue weighted by atomic mass is 9.98. The average Bonchev–Trinajstić information content (AvgIpc) is 4.06. The summed E-state index contributed by atoms with van der Waals surface area (Å²) >= 11 is 0. The summed E-state index contributed by atoms with van der Waals surface area (Å²) < 4.78 is 47.1. The number of amides is 4. The lowest BCUT2D eigenvalue weighted by molar-refractivity contribution is -0.198. The molecule has 3 saturated heterocycles. The Balaban J connectivity index is 0.827. The Morgan fingerprint density at radius 2 is 1.26 bits per heavy atom. The first-order valence-electron chi connectivity index (χ1n) is 24.7. The van der Waals surface area contributed by atoms with Crippen molar-refractivity contribution in [3.63, 3.8) is 0 Å². The number of methoxy groups -OCH3 is 1. The van der Waals surface area contributed by atoms with Gasteiger partial charge in [0, 0.05) is 49.8 Å². The fourth-order valence-corrected chi connectivity index (χ4v) is 9.31. The van der Waals surface area contributed by atoms with Gasteiger partial charge in [-0.05, 0) is 105 Å². The highest BCUT2D eigenvalue weighted by Crippen LogP contribution is 2.40. The molecule has 18 nitrogen and oxygen atoms in total. The van der Waals surface area contributed by atoms with Crippen molar-refractivity contribution < 1.29 is 66.7 Å². The largest absolute Gasteiger partial charge is 0.493 e. The van der Waals surface area contributed by atoms with Crippen molar-refractivity contribution in [2.75, 3.05) is 79.7 Å². The van der Waals surface area contributed by atoms with Gasteiger partial charge in [0.1, 0.15) is 31.3 Å². The molecule has 0 spiro atoms. The summed E-state index contributed by atoms with van der Waals surface area (Å²) in [5.41, 5.74) is 7.79. The SMILES string of the molecule is C/C=C1\C[C@H]2CCc3cc(OCc4cc(COc5cc6c(cc5OC)C(=O)N5C/C(=C/C)C[C@H]5C=N6)cc(OCCOCCOCCOCCOCCC(=O)ON5C(=O)CCC5=O)c4)c(C)cc3C(=O)N2C1. The van der Waals surface area contributed by atoms with E-state index < -0.39 is 17.8 Å². The van der Waals surface area contributed by atoms with Crippen molar-refractivity contribution in [3.8, 4) is 23.0 Å². The molecule has 384 valence electrons. The Kier molecular flexibility index (Phi) is 17.7. The van der Waals surface area contributed by atoms with Crippen molar-refractivity contribution in [1.29, 1.82) is 0 Å². The van der Waals surface area contributed by atoms with Gasteiger partial charge in [-0.15, -0.1) is 5.06 Å². The number of allylic oxidation sites excluding steroid dienone is 2. The molecule has 0 aromatic heterocycles. The fourth-order valence-electron chi connectivity index (χ4n) is 9.31. The number of imide groups is 1. The zero-order valence-electron chi connectivity index (χ0n) is 41.6. The molecule has 72 heavy (non-hydrogen) atoms. The number of rotatable bonds is 24. The van der Waals surface area contributed by atoms with Crippen LogP contribution in [0.3, 0.4) is 0 Å². The molecule has 3 fully saturated rings. The predicted octanol–water partition coefficient (Wildman–Crippen LogP) is 6.59. The van der Waals surface area contributed by atoms with E-state index in [0.29, 0.717) is 86.3 Å². The minimum atomic E-state index is -0.718. The van der Waals surface area contributed by atoms with E-state index in [1.165, 1.54) is 11.1 Å². The minimum absolute atomic E-state index is 0.0397. The first-order chi connectivity index (χ1) is 35.0. The lowest BCUT2D eigenvalue weighted by Crippen LogP contribution is -2.35. The number of benzene rings is 3. The Hall–Kier alpha value is -6.60. The van der Waals surface area contributed by atoms with Crippen LogP contribution in [0.5, 0.6) is 23.0 Å². The molecule has 4 amide bonds. The summed E-state index contributed by atoms with van der Waals surface area (Å²) in [6, 6.07) is 13.4. The van der Waals surface area contributed by atoms with E-state index in [-0.39, 0.29) is 76.2 Å². The monoisotopic (exact) mass is 992 g/mol. The topological polar surface area (TPSA) is 190 Å². The maximum atomic E-state index is 13.7. The molecule has 18 heteroatoms. The Bertz CT molecular complexity index is 2580. The minimum Gasteiger partial charge on any atom is -0.493 e. The highest BCUT2D eigenvalue weighted by atomic mass is 16.7. The van der Waals surface area contributed by atoms with Crippen LogP contribution in [0.4, 0.5) is 5.69 Å². The highest BCUT2D eigenvalue weighted by Gasteiger charge is 2.37. The molecular formula is C54H64N4O14. The van der Waals surface area contributed by atoms with Crippen LogP contribution in [0.15, 0.2) is 70.8 Å². The van der Waals surface area contributed by atoms with Gasteiger partial charge >= 0.3 is 5.97 Å². The highest BCUT2D eigenvalue weighted by molar-refractivity contribution is 6.04. The molecule has 0 bridgehead atoms. The first kappa shape index (κ1) is 51.7. The van der Waals surface area contributed by atoms with Gasteiger partial charge in [-0.2, -0.15) is 0 Å². The molecule has 5 heterocycles. The van der Waals surface area contributed by atoms with Gasteiger partial charge in [-0.1, -0.05) is 23.3 Å². The second-order valence-electron chi connectivity index (χ2n) is 18.2. The van der Waals surface area contributed by atoms with Crippen LogP contribution < -0.4 is 18.9 Å². The summed E-state index contributed by atoms with van der Waals surface area (Å²) in [5, 5.41) is 0.516. The summed E-state index contributed by atoms with van der Waals surface area (Å²) in [4.78, 5) is 75.8. The van der Waals surface area contributed by atoms with Gasteiger partial charge < -0.3 is 52.5 Å². The molecule has 3 aromatic rings. The third-order valence-corrected chi connectivity index (χ3v) is 13.2. The maximum Gasteiger partial charge on any atom is 0.335 e. The number of carbonyl (C=O) groups is 5. The molecule has 3 aromatic carbocycles. The summed E-state index contributed by atoms with van der Waals surface area (Å²) in [7, 11) is 1.55. The second-order valence-corrected chi connectivity index (χ2v) is 18.2. The number of ether oxygens (including phenoxy) is 8. The lowest BCUT2D eigenvalue weighted by Gasteiger charge is -2.21. The summed E-state index contributed by atoms with van der Waals surface area (Å²) in [5.74, 6) is 0.401. The molecule has 5 aliphatic rings. The van der Waals surface area contributed by atoms with E-state index >= 15 is 0 Å². The van der Waals surface area contributed by atoms with E-state index in [4.69, 9.17) is 47.7 Å². The number of aliphatic imine (C=N–C) groups is 1. The number of hydrogen-bond acceptors (Lipinski definition) is 15. The van der Waals surface area contributed by atoms with Gasteiger partial charge in [0.05, 0.1) is 83.7 Å². The zero-order valence-corrected chi connectivity index (χ0v) is 41.6. The number of fused-ring (bicyclic) bond motifs is 4. The molecule has 8 rings (SSSR count). The normalized spacial score (nSPS) is 19.4. The maximum absolute atomic E-state index is 13.7. The van der Waals surface area contributed by atoms with Crippen LogP contribution in [0.2, 0.25) is 0 Å². The van der Waals surface area contributed by atoms with E-state index in [1.54, 1.807) is 19.2 Å². The van der Waals surface area contributed by atoms with Gasteiger partial charge in [0.2, 0.25) is 0 Å². The van der Waals surface area contributed by atoms with Crippen LogP contribution in [0.1, 0.15) is 95.3 Å². The van der Waals surface area contributed by atoms with Crippen molar-refractivity contribution in [1.82, 2.24) is 14.9 Å². The molecule has 0 saturated carbocycles. The van der Waals surface area contributed by atoms with Gasteiger partial charge in [0.15, 0.2) is 11.5 Å². The number of nitrogens with zero attached hydrogens (tertiary/aromatic N) is 4. The first-order valence-corrected chi connectivity index (χ1v) is 24.7. The molecule has 0 aliphatic carbocycles. The molecule has 0 radical (unpaired) electrons. The van der Waals surface area contributed by atoms with Crippen molar-refractivity contribution in [2.24, 2.45) is 4.99 Å². The van der Waals surface area contributed by atoms with Crippen molar-refractivity contribution in [2.45, 2.75) is 91.0 Å². The number of aryl methyl sites for hydroxylation is 2. The number of carbonyl (C=O) groups excluding carboxylic acids is 5. The van der Waals surface area contributed by atoms with E-state index in [9.17, 15) is 24.0 Å². The summed E-state index contributed by atoms with van der Waals surface area (Å²) in [6.45, 7) is 10.2. The molecule has 5 aliphatic heterocycles. The van der Waals surface area contributed by atoms with Crippen LogP contribution in [-0.4, -0.2) is 142 Å². The Morgan fingerprint density at radius 3 is 1.93 bits per heavy atom. The standard InChI is InChI=1S/C54H64N4O14/c1-5-36-23-41-8-7-40-27-47(35(3)21-44(40)53(62)56(41)31-36)70-33-38-22-39(34-71-49-29-46-45(28-48(49)64-4)54(63)57-32-37(6-2)24-42(57)30-55-46)26-43(25-38)69-20-19-68-18-17-67-16-15-66-14-13-65-12-11-52(61)72-58-50(59)9-10-51(58)60/h5-6,21-22,25-30,41-42H,7-20,23-24,31-34H2,1-4H3/b36-5+,37-6+/t41-,42+/m1/s1. The quantitative estimate of drug-likeness (QED) is 0.0531. The molecule has 2 atom stereocenters. The van der Waals surface area contributed by atoms with Gasteiger partial charge in [-0.25, -0.2) is 4.79 Å². The smallest absolute Gasteiger partial charge is 0.335 e. The third kappa shape index (κ3) is 12.9. The van der Waals surface area contributed by atoms with Crippen LogP contribution >= 0.6 is 0 Å². The van der Waals surface area contributed by atoms with Crippen molar-refractivity contribution >= 4 is 41.5 Å². The molecule has 0 N–H and O–H groups in total. The van der Waals surface area contributed by atoms with Crippen LogP contribution in [0, 0.1) is 6.92 Å². The van der Waals surface area contributed by atoms with E-state index in [0.717, 1.165) is 59.3 Å². The van der Waals surface area contributed by atoms with Crippen molar-refractivity contribution in [3.05, 3.63) is 99.1 Å². The fraction of sp³-hybridized carbons (Fsp3) is 0.481. The van der Waals surface area contributed by atoms with E-state index in [1.807, 2.05) is 67.1 Å². The number of hydroxylamine groups is 2. The Labute approximate surface area is 419 Å². The Morgan fingerprint density at radius 1 is 0.653 bits per heavy atom. The van der Waals surface area contributed by atoms with Gasteiger partial charge in [0.25, 0.3) is 23.6 Å². The van der Waals surface area contributed by atoms with Gasteiger partial charge in [-0.3, -0.25) is 24.2 Å². The number of hydrogen-bond donors (Lipinski definition) is 0. The molecular weight excluding hydrogens is 929 g/mol. The van der Waals surface area contributed by atoms with Crippen LogP contribution in [0.25, 0.3) is 0 Å². The van der Waals surface area contributed by atoms with E-state index in [2.05, 4.69) is 12.2 Å². The zero-order chi connectivity index (χ0) is 50.6. The molecule has 0 unspecified atom stereocenters. The second kappa shape index (κ2) is 24.7.